The number of esters is 1. The second-order valence-electron chi connectivity index (χ2n) is 6.73. The molecule has 12 heteroatoms. The summed E-state index contributed by atoms with van der Waals surface area (Å²) in [5.74, 6) is -2.35. The van der Waals surface area contributed by atoms with E-state index in [1.54, 1.807) is 38.3 Å². The predicted octanol–water partition coefficient (Wildman–Crippen LogP) is 4.11. The van der Waals surface area contributed by atoms with Gasteiger partial charge >= 0.3 is 12.1 Å². The molecule has 2 aromatic carbocycles. The Labute approximate surface area is 184 Å². The molecule has 0 amide bonds. The van der Waals surface area contributed by atoms with Gasteiger partial charge in [-0.1, -0.05) is 6.07 Å². The third-order valence-corrected chi connectivity index (χ3v) is 4.61. The molecule has 0 fully saturated rings. The van der Waals surface area contributed by atoms with Crippen molar-refractivity contribution in [3.63, 3.8) is 0 Å². The highest BCUT2D eigenvalue weighted by atomic mass is 19.4. The van der Waals surface area contributed by atoms with Crippen LogP contribution in [0.2, 0.25) is 0 Å². The van der Waals surface area contributed by atoms with Crippen LogP contribution in [0.4, 0.5) is 25.1 Å². The van der Waals surface area contributed by atoms with Gasteiger partial charge in [-0.25, -0.2) is 19.7 Å². The molecule has 0 saturated heterocycles. The average molecular weight is 459 g/mol. The Hall–Kier alpha value is -4.22. The van der Waals surface area contributed by atoms with Crippen molar-refractivity contribution in [1.82, 2.24) is 19.9 Å². The number of fused-ring (bicyclic) bond motifs is 2. The number of ether oxygens (including phenoxy) is 3. The van der Waals surface area contributed by atoms with E-state index in [9.17, 15) is 18.0 Å². The topological polar surface area (TPSA) is 108 Å². The van der Waals surface area contributed by atoms with Crippen molar-refractivity contribution in [2.24, 2.45) is 0 Å². The number of halogens is 3. The van der Waals surface area contributed by atoms with Gasteiger partial charge in [-0.3, -0.25) is 5.32 Å². The molecule has 0 aliphatic carbocycles. The summed E-state index contributed by atoms with van der Waals surface area (Å²) < 4.78 is 53.4. The molecule has 0 aliphatic heterocycles. The maximum Gasteiger partial charge on any atom is 0.491 e. The lowest BCUT2D eigenvalue weighted by Gasteiger charge is -2.13. The van der Waals surface area contributed by atoms with Crippen LogP contribution >= 0.6 is 0 Å². The Kier molecular flexibility index (Phi) is 5.58. The molecular formula is C21H16F3N5O4. The second-order valence-corrected chi connectivity index (χ2v) is 6.73. The van der Waals surface area contributed by atoms with Gasteiger partial charge in [0.1, 0.15) is 16.9 Å². The van der Waals surface area contributed by atoms with E-state index in [1.807, 2.05) is 0 Å². The van der Waals surface area contributed by atoms with E-state index in [-0.39, 0.29) is 28.5 Å². The van der Waals surface area contributed by atoms with E-state index in [2.05, 4.69) is 30.0 Å². The first kappa shape index (κ1) is 22.0. The van der Waals surface area contributed by atoms with Crippen molar-refractivity contribution in [3.8, 4) is 17.4 Å². The molecule has 9 nitrogen and oxygen atoms in total. The fraction of sp³-hybridized carbons (Fsp3) is 0.190. The van der Waals surface area contributed by atoms with Gasteiger partial charge in [0, 0.05) is 5.39 Å². The lowest BCUT2D eigenvalue weighted by molar-refractivity contribution is -0.189. The summed E-state index contributed by atoms with van der Waals surface area (Å²) >= 11 is 0. The molecule has 0 bridgehead atoms. The minimum absolute atomic E-state index is 0.00542. The summed E-state index contributed by atoms with van der Waals surface area (Å²) in [6.45, 7) is 1.76. The fourth-order valence-electron chi connectivity index (χ4n) is 3.11. The Bertz CT molecular complexity index is 1380. The number of rotatable bonds is 5. The van der Waals surface area contributed by atoms with Crippen molar-refractivity contribution < 1.29 is 32.2 Å². The molecular weight excluding hydrogens is 443 g/mol. The zero-order valence-corrected chi connectivity index (χ0v) is 17.5. The van der Waals surface area contributed by atoms with E-state index in [4.69, 9.17) is 9.47 Å². The van der Waals surface area contributed by atoms with Gasteiger partial charge in [-0.05, 0) is 37.3 Å². The number of benzene rings is 2. The van der Waals surface area contributed by atoms with Crippen molar-refractivity contribution in [1.29, 1.82) is 0 Å². The predicted molar refractivity (Wildman–Crippen MR) is 112 cm³/mol. The highest BCUT2D eigenvalue weighted by Gasteiger charge is 2.42. The molecule has 2 heterocycles. The first-order valence-corrected chi connectivity index (χ1v) is 9.42. The molecule has 170 valence electrons. The van der Waals surface area contributed by atoms with Crippen LogP contribution in [0.5, 0.6) is 17.4 Å². The quantitative estimate of drug-likeness (QED) is 0.441. The molecule has 0 unspecified atom stereocenters. The van der Waals surface area contributed by atoms with Crippen molar-refractivity contribution in [2.45, 2.75) is 13.1 Å². The highest BCUT2D eigenvalue weighted by Crippen LogP contribution is 2.34. The van der Waals surface area contributed by atoms with Crippen LogP contribution in [0.15, 0.2) is 36.4 Å². The lowest BCUT2D eigenvalue weighted by atomic mass is 10.2. The van der Waals surface area contributed by atoms with E-state index >= 15 is 0 Å². The molecule has 0 atom stereocenters. The largest absolute Gasteiger partial charge is 0.497 e. The molecule has 4 rings (SSSR count). The van der Waals surface area contributed by atoms with E-state index in [1.165, 1.54) is 19.2 Å². The van der Waals surface area contributed by atoms with Gasteiger partial charge in [-0.2, -0.15) is 18.2 Å². The second kappa shape index (κ2) is 8.37. The zero-order valence-electron chi connectivity index (χ0n) is 17.5. The summed E-state index contributed by atoms with van der Waals surface area (Å²) in [4.78, 5) is 28.4. The van der Waals surface area contributed by atoms with Gasteiger partial charge < -0.3 is 14.2 Å². The fourth-order valence-corrected chi connectivity index (χ4v) is 3.11. The Morgan fingerprint density at radius 2 is 1.67 bits per heavy atom. The van der Waals surface area contributed by atoms with Gasteiger partial charge in [0.15, 0.2) is 0 Å². The van der Waals surface area contributed by atoms with Crippen LogP contribution in [-0.4, -0.2) is 46.3 Å². The third kappa shape index (κ3) is 4.40. The Morgan fingerprint density at radius 3 is 2.36 bits per heavy atom. The molecule has 1 N–H and O–H groups in total. The van der Waals surface area contributed by atoms with E-state index in [0.29, 0.717) is 17.0 Å². The smallest absolute Gasteiger partial charge is 0.491 e. The molecule has 0 aliphatic rings. The Morgan fingerprint density at radius 1 is 0.939 bits per heavy atom. The summed E-state index contributed by atoms with van der Waals surface area (Å²) in [7, 11) is 2.86. The molecule has 0 spiro atoms. The molecule has 2 aromatic heterocycles. The SMILES string of the molecule is COc1ccc2nc(Nc3nc(OC(=O)C(F)(F)F)c4c(OC)cccc4n3)nc(C)c2c1. The van der Waals surface area contributed by atoms with Crippen LogP contribution in [0.3, 0.4) is 0 Å². The van der Waals surface area contributed by atoms with Crippen LogP contribution in [0.1, 0.15) is 5.69 Å². The molecule has 33 heavy (non-hydrogen) atoms. The van der Waals surface area contributed by atoms with Crippen molar-refractivity contribution >= 4 is 39.7 Å². The maximum atomic E-state index is 12.8. The lowest BCUT2D eigenvalue weighted by Crippen LogP contribution is -2.28. The number of carbonyl (C=O) groups excluding carboxylic acids is 1. The minimum atomic E-state index is -5.22. The van der Waals surface area contributed by atoms with Gasteiger partial charge in [0.05, 0.1) is 30.9 Å². The normalized spacial score (nSPS) is 11.5. The number of nitrogens with one attached hydrogen (secondary N) is 1. The summed E-state index contributed by atoms with van der Waals surface area (Å²) in [5, 5.41) is 3.52. The number of alkyl halides is 3. The van der Waals surface area contributed by atoms with Crippen LogP contribution < -0.4 is 19.5 Å². The van der Waals surface area contributed by atoms with E-state index in [0.717, 1.165) is 5.39 Å². The summed E-state index contributed by atoms with van der Waals surface area (Å²) in [6, 6.07) is 9.81. The molecule has 4 aromatic rings. The number of aromatic nitrogens is 4. The van der Waals surface area contributed by atoms with Gasteiger partial charge in [0.2, 0.25) is 17.8 Å². The number of methoxy groups -OCH3 is 2. The number of hydrogen-bond acceptors (Lipinski definition) is 9. The van der Waals surface area contributed by atoms with Crippen LogP contribution in [0.25, 0.3) is 21.8 Å². The minimum Gasteiger partial charge on any atom is -0.497 e. The number of anilines is 2. The molecule has 0 radical (unpaired) electrons. The first-order valence-electron chi connectivity index (χ1n) is 9.42. The highest BCUT2D eigenvalue weighted by molar-refractivity contribution is 5.93. The van der Waals surface area contributed by atoms with Crippen molar-refractivity contribution in [3.05, 3.63) is 42.1 Å². The average Bonchev–Trinajstić information content (AvgIpc) is 2.77. The summed E-state index contributed by atoms with van der Waals surface area (Å²) in [5.41, 5.74) is 1.39. The number of nitrogens with zero attached hydrogens (tertiary/aromatic N) is 4. The monoisotopic (exact) mass is 459 g/mol. The van der Waals surface area contributed by atoms with Crippen LogP contribution in [0, 0.1) is 6.92 Å². The van der Waals surface area contributed by atoms with Crippen LogP contribution in [-0.2, 0) is 4.79 Å². The zero-order chi connectivity index (χ0) is 23.8. The first-order chi connectivity index (χ1) is 15.7. The Balaban J connectivity index is 1.79. The van der Waals surface area contributed by atoms with E-state index < -0.39 is 18.0 Å². The third-order valence-electron chi connectivity index (χ3n) is 4.61. The summed E-state index contributed by atoms with van der Waals surface area (Å²) in [6.07, 6.45) is -5.22. The molecule has 0 saturated carbocycles. The maximum absolute atomic E-state index is 12.8. The van der Waals surface area contributed by atoms with Crippen molar-refractivity contribution in [2.75, 3.05) is 19.5 Å². The number of aryl methyl sites for hydroxylation is 1. The standard InChI is InChI=1S/C21H16F3N5O4/c1-10-12-9-11(31-2)7-8-13(12)26-19(25-10)29-20-27-14-5-4-6-15(32-3)16(14)17(28-20)33-18(30)21(22,23)24/h4-9H,1-3H3,(H,25,26,27,28,29). The van der Waals surface area contributed by atoms with Gasteiger partial charge in [0.25, 0.3) is 0 Å². The number of carbonyl (C=O) groups is 1. The van der Waals surface area contributed by atoms with Gasteiger partial charge in [-0.15, -0.1) is 0 Å². The number of hydrogen-bond donors (Lipinski definition) is 1.